The fourth-order valence-electron chi connectivity index (χ4n) is 1.95. The third kappa shape index (κ3) is 4.41. The van der Waals surface area contributed by atoms with E-state index in [1.807, 2.05) is 12.1 Å². The number of hydrogen-bond donors (Lipinski definition) is 1. The van der Waals surface area contributed by atoms with Crippen molar-refractivity contribution in [2.24, 2.45) is 5.92 Å². The van der Waals surface area contributed by atoms with Crippen molar-refractivity contribution in [2.75, 3.05) is 13.1 Å². The second-order valence-corrected chi connectivity index (χ2v) is 6.20. The minimum Gasteiger partial charge on any atom is -0.316 e. The van der Waals surface area contributed by atoms with Gasteiger partial charge >= 0.3 is 0 Å². The Bertz CT molecular complexity index is 383. The highest BCUT2D eigenvalue weighted by atomic mass is 19.1. The average molecular weight is 251 g/mol. The molecule has 1 rings (SSSR count). The summed E-state index contributed by atoms with van der Waals surface area (Å²) in [6.07, 6.45) is 1.02. The Balaban J connectivity index is 2.59. The van der Waals surface area contributed by atoms with Gasteiger partial charge in [0.15, 0.2) is 0 Å². The zero-order valence-electron chi connectivity index (χ0n) is 12.3. The first kappa shape index (κ1) is 15.2. The van der Waals surface area contributed by atoms with E-state index in [1.165, 1.54) is 0 Å². The van der Waals surface area contributed by atoms with E-state index < -0.39 is 0 Å². The van der Waals surface area contributed by atoms with Gasteiger partial charge in [0.1, 0.15) is 5.82 Å². The SMILES string of the molecule is Cc1ccc(C(C)(C)CCNCC(C)C)cc1F. The van der Waals surface area contributed by atoms with Gasteiger partial charge in [-0.05, 0) is 55.0 Å². The van der Waals surface area contributed by atoms with E-state index >= 15 is 0 Å². The van der Waals surface area contributed by atoms with Crippen LogP contribution in [0.1, 0.15) is 45.2 Å². The van der Waals surface area contributed by atoms with E-state index in [2.05, 4.69) is 33.0 Å². The van der Waals surface area contributed by atoms with E-state index in [4.69, 9.17) is 0 Å². The molecular weight excluding hydrogens is 225 g/mol. The number of aryl methyl sites for hydroxylation is 1. The molecule has 0 aliphatic heterocycles. The van der Waals surface area contributed by atoms with Gasteiger partial charge < -0.3 is 5.32 Å². The van der Waals surface area contributed by atoms with Crippen LogP contribution in [-0.4, -0.2) is 13.1 Å². The fourth-order valence-corrected chi connectivity index (χ4v) is 1.95. The van der Waals surface area contributed by atoms with Crippen LogP contribution in [0.25, 0.3) is 0 Å². The minimum absolute atomic E-state index is 0.0124. The van der Waals surface area contributed by atoms with E-state index in [-0.39, 0.29) is 11.2 Å². The Hall–Kier alpha value is -0.890. The quantitative estimate of drug-likeness (QED) is 0.752. The number of rotatable bonds is 6. The van der Waals surface area contributed by atoms with Crippen LogP contribution < -0.4 is 5.32 Å². The summed E-state index contributed by atoms with van der Waals surface area (Å²) in [6.45, 7) is 12.6. The first-order chi connectivity index (χ1) is 8.33. The maximum Gasteiger partial charge on any atom is 0.126 e. The zero-order valence-corrected chi connectivity index (χ0v) is 12.3. The molecule has 1 N–H and O–H groups in total. The Morgan fingerprint density at radius 2 is 1.94 bits per heavy atom. The molecule has 0 saturated carbocycles. The summed E-state index contributed by atoms with van der Waals surface area (Å²) in [5.74, 6) is 0.570. The smallest absolute Gasteiger partial charge is 0.126 e. The maximum absolute atomic E-state index is 13.6. The van der Waals surface area contributed by atoms with E-state index in [1.54, 1.807) is 13.0 Å². The highest BCUT2D eigenvalue weighted by molar-refractivity contribution is 5.28. The topological polar surface area (TPSA) is 12.0 Å². The van der Waals surface area contributed by atoms with Crippen molar-refractivity contribution in [3.05, 3.63) is 35.1 Å². The molecule has 18 heavy (non-hydrogen) atoms. The van der Waals surface area contributed by atoms with Crippen LogP contribution in [0, 0.1) is 18.7 Å². The first-order valence-electron chi connectivity index (χ1n) is 6.80. The molecule has 102 valence electrons. The van der Waals surface area contributed by atoms with Gasteiger partial charge in [-0.3, -0.25) is 0 Å². The molecular formula is C16H26FN. The lowest BCUT2D eigenvalue weighted by Crippen LogP contribution is -2.27. The molecule has 0 aliphatic carbocycles. The van der Waals surface area contributed by atoms with Crippen molar-refractivity contribution in [1.29, 1.82) is 0 Å². The largest absolute Gasteiger partial charge is 0.316 e. The summed E-state index contributed by atoms with van der Waals surface area (Å²) in [5.41, 5.74) is 1.81. The Morgan fingerprint density at radius 3 is 2.50 bits per heavy atom. The van der Waals surface area contributed by atoms with Gasteiger partial charge in [0.25, 0.3) is 0 Å². The van der Waals surface area contributed by atoms with Gasteiger partial charge in [0.2, 0.25) is 0 Å². The molecule has 1 aromatic carbocycles. The Kier molecular flexibility index (Phi) is 5.33. The summed E-state index contributed by atoms with van der Waals surface area (Å²) in [4.78, 5) is 0. The molecule has 1 nitrogen and oxygen atoms in total. The average Bonchev–Trinajstić information content (AvgIpc) is 2.28. The van der Waals surface area contributed by atoms with Crippen molar-refractivity contribution < 1.29 is 4.39 Å². The molecule has 0 fully saturated rings. The summed E-state index contributed by atoms with van der Waals surface area (Å²) >= 11 is 0. The van der Waals surface area contributed by atoms with Gasteiger partial charge in [0.05, 0.1) is 0 Å². The van der Waals surface area contributed by atoms with Crippen molar-refractivity contribution in [3.8, 4) is 0 Å². The molecule has 0 radical (unpaired) electrons. The third-order valence-corrected chi connectivity index (χ3v) is 3.43. The van der Waals surface area contributed by atoms with Crippen molar-refractivity contribution in [2.45, 2.75) is 46.5 Å². The molecule has 0 aliphatic rings. The number of halogens is 1. The van der Waals surface area contributed by atoms with Crippen LogP contribution in [0.4, 0.5) is 4.39 Å². The van der Waals surface area contributed by atoms with E-state index in [9.17, 15) is 4.39 Å². The van der Waals surface area contributed by atoms with Crippen LogP contribution >= 0.6 is 0 Å². The van der Waals surface area contributed by atoms with Crippen LogP contribution in [0.15, 0.2) is 18.2 Å². The molecule has 2 heteroatoms. The molecule has 0 bridgehead atoms. The van der Waals surface area contributed by atoms with Crippen molar-refractivity contribution >= 4 is 0 Å². The van der Waals surface area contributed by atoms with E-state index in [0.29, 0.717) is 11.5 Å². The van der Waals surface area contributed by atoms with Crippen molar-refractivity contribution in [1.82, 2.24) is 5.32 Å². The molecule has 0 saturated heterocycles. The van der Waals surface area contributed by atoms with E-state index in [0.717, 1.165) is 25.1 Å². The molecule has 0 unspecified atom stereocenters. The minimum atomic E-state index is -0.101. The normalized spacial score (nSPS) is 12.2. The zero-order chi connectivity index (χ0) is 13.8. The van der Waals surface area contributed by atoms with Gasteiger partial charge in [-0.2, -0.15) is 0 Å². The Labute approximate surface area is 111 Å². The molecule has 0 heterocycles. The lowest BCUT2D eigenvalue weighted by Gasteiger charge is -2.26. The van der Waals surface area contributed by atoms with Gasteiger partial charge in [0, 0.05) is 0 Å². The number of hydrogen-bond acceptors (Lipinski definition) is 1. The third-order valence-electron chi connectivity index (χ3n) is 3.43. The lowest BCUT2D eigenvalue weighted by atomic mass is 9.81. The molecule has 0 amide bonds. The molecule has 0 spiro atoms. The Morgan fingerprint density at radius 1 is 1.28 bits per heavy atom. The van der Waals surface area contributed by atoms with Crippen LogP contribution in [-0.2, 0) is 5.41 Å². The summed E-state index contributed by atoms with van der Waals surface area (Å²) in [5, 5.41) is 3.44. The predicted octanol–water partition coefficient (Wildman–Crippen LogP) is 4.05. The van der Waals surface area contributed by atoms with Gasteiger partial charge in [-0.1, -0.05) is 39.8 Å². The summed E-state index contributed by atoms with van der Waals surface area (Å²) in [7, 11) is 0. The second kappa shape index (κ2) is 6.33. The monoisotopic (exact) mass is 251 g/mol. The molecule has 0 atom stereocenters. The maximum atomic E-state index is 13.6. The van der Waals surface area contributed by atoms with Crippen LogP contribution in [0.2, 0.25) is 0 Å². The highest BCUT2D eigenvalue weighted by Gasteiger charge is 2.20. The highest BCUT2D eigenvalue weighted by Crippen LogP contribution is 2.27. The standard InChI is InChI=1S/C16H26FN/c1-12(2)11-18-9-8-16(4,5)14-7-6-13(3)15(17)10-14/h6-7,10,12,18H,8-9,11H2,1-5H3. The second-order valence-electron chi connectivity index (χ2n) is 6.20. The number of nitrogens with one attached hydrogen (secondary N) is 1. The van der Waals surface area contributed by atoms with Gasteiger partial charge in [-0.15, -0.1) is 0 Å². The molecule has 1 aromatic rings. The first-order valence-corrected chi connectivity index (χ1v) is 6.80. The van der Waals surface area contributed by atoms with Gasteiger partial charge in [-0.25, -0.2) is 4.39 Å². The summed E-state index contributed by atoms with van der Waals surface area (Å²) < 4.78 is 13.6. The van der Waals surface area contributed by atoms with Crippen LogP contribution in [0.3, 0.4) is 0 Å². The van der Waals surface area contributed by atoms with Crippen molar-refractivity contribution in [3.63, 3.8) is 0 Å². The van der Waals surface area contributed by atoms with Crippen LogP contribution in [0.5, 0.6) is 0 Å². The lowest BCUT2D eigenvalue weighted by molar-refractivity contribution is 0.440. The summed E-state index contributed by atoms with van der Waals surface area (Å²) in [6, 6.07) is 5.59. The fraction of sp³-hybridized carbons (Fsp3) is 0.625. The number of benzene rings is 1. The molecule has 0 aromatic heterocycles. The predicted molar refractivity (Wildman–Crippen MR) is 76.5 cm³/mol.